The average molecular weight is 256 g/mol. The van der Waals surface area contributed by atoms with Crippen LogP contribution in [0.2, 0.25) is 0 Å². The number of carbonyl (C=O) groups excluding carboxylic acids is 1. The maximum atomic E-state index is 11.7. The zero-order valence-corrected chi connectivity index (χ0v) is 11.0. The van der Waals surface area contributed by atoms with Gasteiger partial charge in [-0.15, -0.1) is 0 Å². The molecule has 2 heterocycles. The summed E-state index contributed by atoms with van der Waals surface area (Å²) in [6.45, 7) is 3.22. The smallest absolute Gasteiger partial charge is 0.226 e. The molecule has 0 fully saturated rings. The summed E-state index contributed by atoms with van der Waals surface area (Å²) in [7, 11) is 0. The van der Waals surface area contributed by atoms with Crippen LogP contribution in [0.3, 0.4) is 0 Å². The van der Waals surface area contributed by atoms with Gasteiger partial charge in [-0.05, 0) is 24.6 Å². The first kappa shape index (κ1) is 13.2. The van der Waals surface area contributed by atoms with Crippen molar-refractivity contribution in [3.8, 4) is 0 Å². The highest BCUT2D eigenvalue weighted by atomic mass is 16.1. The molecule has 0 bridgehead atoms. The minimum absolute atomic E-state index is 0.0405. The number of nitrogens with one attached hydrogen (secondary N) is 1. The van der Waals surface area contributed by atoms with Crippen molar-refractivity contribution >= 4 is 5.91 Å². The first-order valence-corrected chi connectivity index (χ1v) is 6.36. The number of aromatic nitrogens is 2. The minimum Gasteiger partial charge on any atom is -0.350 e. The van der Waals surface area contributed by atoms with E-state index < -0.39 is 0 Å². The van der Waals surface area contributed by atoms with E-state index in [4.69, 9.17) is 0 Å². The van der Waals surface area contributed by atoms with Crippen molar-refractivity contribution in [1.82, 2.24) is 10.3 Å². The Kier molecular flexibility index (Phi) is 4.61. The number of aryl methyl sites for hydroxylation is 2. The van der Waals surface area contributed by atoms with Crippen LogP contribution < -0.4 is 9.88 Å². The summed E-state index contributed by atoms with van der Waals surface area (Å²) in [5.74, 6) is 0.0405. The van der Waals surface area contributed by atoms with Crippen LogP contribution in [0.1, 0.15) is 17.7 Å². The Balaban J connectivity index is 1.74. The minimum atomic E-state index is 0.0405. The number of hydrogen-bond acceptors (Lipinski definition) is 2. The normalized spacial score (nSPS) is 10.2. The second kappa shape index (κ2) is 6.64. The summed E-state index contributed by atoms with van der Waals surface area (Å²) in [4.78, 5) is 15.9. The van der Waals surface area contributed by atoms with Gasteiger partial charge in [-0.3, -0.25) is 9.78 Å². The monoisotopic (exact) mass is 256 g/mol. The van der Waals surface area contributed by atoms with Crippen molar-refractivity contribution in [2.75, 3.05) is 0 Å². The summed E-state index contributed by atoms with van der Waals surface area (Å²) < 4.78 is 2.01. The predicted molar refractivity (Wildman–Crippen MR) is 72.1 cm³/mol. The van der Waals surface area contributed by atoms with Crippen molar-refractivity contribution in [2.24, 2.45) is 0 Å². The number of nitrogens with zero attached hydrogens (tertiary/aromatic N) is 2. The third-order valence-electron chi connectivity index (χ3n) is 2.85. The molecule has 0 radical (unpaired) electrons. The van der Waals surface area contributed by atoms with Gasteiger partial charge in [0.25, 0.3) is 0 Å². The largest absolute Gasteiger partial charge is 0.350 e. The van der Waals surface area contributed by atoms with Gasteiger partial charge >= 0.3 is 0 Å². The van der Waals surface area contributed by atoms with Crippen LogP contribution in [-0.4, -0.2) is 10.9 Å². The number of hydrogen-bond donors (Lipinski definition) is 1. The molecule has 2 aromatic heterocycles. The lowest BCUT2D eigenvalue weighted by atomic mass is 10.3. The standard InChI is InChI=1S/C15H17N3O/c1-13-5-9-18(10-6-13)11-7-15(19)17-12-14-4-2-3-8-16-14/h2-6,8-10H,7,11-12H2,1H3/p+1. The number of carbonyl (C=O) groups is 1. The molecule has 98 valence electrons. The SMILES string of the molecule is Cc1cc[n+](CCC(=O)NCc2ccccn2)cc1. The summed E-state index contributed by atoms with van der Waals surface area (Å²) >= 11 is 0. The molecule has 0 aliphatic rings. The van der Waals surface area contributed by atoms with Gasteiger partial charge in [0.05, 0.1) is 18.7 Å². The molecule has 0 unspecified atom stereocenters. The Morgan fingerprint density at radius 3 is 2.74 bits per heavy atom. The first-order chi connectivity index (χ1) is 9.24. The summed E-state index contributed by atoms with van der Waals surface area (Å²) in [6.07, 6.45) is 6.17. The second-order valence-electron chi connectivity index (χ2n) is 4.46. The zero-order chi connectivity index (χ0) is 13.5. The highest BCUT2D eigenvalue weighted by molar-refractivity contribution is 5.75. The van der Waals surface area contributed by atoms with Crippen LogP contribution in [0.15, 0.2) is 48.9 Å². The molecule has 0 aliphatic carbocycles. The highest BCUT2D eigenvalue weighted by Gasteiger charge is 2.06. The van der Waals surface area contributed by atoms with E-state index in [1.165, 1.54) is 5.56 Å². The predicted octanol–water partition coefficient (Wildman–Crippen LogP) is 1.38. The van der Waals surface area contributed by atoms with E-state index in [-0.39, 0.29) is 5.91 Å². The molecular weight excluding hydrogens is 238 g/mol. The maximum Gasteiger partial charge on any atom is 0.226 e. The third-order valence-corrected chi connectivity index (χ3v) is 2.85. The van der Waals surface area contributed by atoms with Crippen LogP contribution in [-0.2, 0) is 17.9 Å². The first-order valence-electron chi connectivity index (χ1n) is 6.36. The summed E-state index contributed by atoms with van der Waals surface area (Å²) in [6, 6.07) is 9.74. The van der Waals surface area contributed by atoms with Crippen molar-refractivity contribution in [3.05, 3.63) is 60.2 Å². The van der Waals surface area contributed by atoms with Gasteiger partial charge in [-0.25, -0.2) is 4.57 Å². The number of pyridine rings is 2. The fourth-order valence-electron chi connectivity index (χ4n) is 1.69. The van der Waals surface area contributed by atoms with Crippen molar-refractivity contribution in [3.63, 3.8) is 0 Å². The maximum absolute atomic E-state index is 11.7. The van der Waals surface area contributed by atoms with E-state index in [1.807, 2.05) is 54.2 Å². The van der Waals surface area contributed by atoms with Crippen molar-refractivity contribution in [2.45, 2.75) is 26.4 Å². The molecule has 0 saturated heterocycles. The fraction of sp³-hybridized carbons (Fsp3) is 0.267. The van der Waals surface area contributed by atoms with E-state index in [2.05, 4.69) is 10.3 Å². The van der Waals surface area contributed by atoms with E-state index in [9.17, 15) is 4.79 Å². The molecule has 19 heavy (non-hydrogen) atoms. The van der Waals surface area contributed by atoms with Crippen LogP contribution >= 0.6 is 0 Å². The Bertz CT molecular complexity index is 523. The highest BCUT2D eigenvalue weighted by Crippen LogP contribution is 1.93. The molecule has 4 nitrogen and oxygen atoms in total. The quantitative estimate of drug-likeness (QED) is 0.822. The van der Waals surface area contributed by atoms with Crippen LogP contribution in [0.5, 0.6) is 0 Å². The van der Waals surface area contributed by atoms with Gasteiger partial charge in [0.1, 0.15) is 0 Å². The molecule has 2 aromatic rings. The van der Waals surface area contributed by atoms with Crippen LogP contribution in [0.25, 0.3) is 0 Å². The third kappa shape index (κ3) is 4.50. The molecule has 0 spiro atoms. The van der Waals surface area contributed by atoms with E-state index >= 15 is 0 Å². The van der Waals surface area contributed by atoms with Gasteiger partial charge < -0.3 is 5.32 Å². The van der Waals surface area contributed by atoms with Crippen LogP contribution in [0.4, 0.5) is 0 Å². The molecule has 2 rings (SSSR count). The molecule has 1 amide bonds. The van der Waals surface area contributed by atoms with Gasteiger partial charge in [-0.1, -0.05) is 6.07 Å². The van der Waals surface area contributed by atoms with Gasteiger partial charge in [0.2, 0.25) is 5.91 Å². The number of amides is 1. The summed E-state index contributed by atoms with van der Waals surface area (Å²) in [5, 5.41) is 2.87. The lowest BCUT2D eigenvalue weighted by Gasteiger charge is -2.03. The van der Waals surface area contributed by atoms with Crippen LogP contribution in [0, 0.1) is 6.92 Å². The van der Waals surface area contributed by atoms with E-state index in [1.54, 1.807) is 6.20 Å². The topological polar surface area (TPSA) is 45.9 Å². The second-order valence-corrected chi connectivity index (χ2v) is 4.46. The Morgan fingerprint density at radius 2 is 2.05 bits per heavy atom. The van der Waals surface area contributed by atoms with Crippen molar-refractivity contribution in [1.29, 1.82) is 0 Å². The molecule has 0 aliphatic heterocycles. The van der Waals surface area contributed by atoms with Crippen molar-refractivity contribution < 1.29 is 9.36 Å². The fourth-order valence-corrected chi connectivity index (χ4v) is 1.69. The van der Waals surface area contributed by atoms with Gasteiger partial charge in [-0.2, -0.15) is 0 Å². The lowest BCUT2D eigenvalue weighted by molar-refractivity contribution is -0.695. The Labute approximate surface area is 113 Å². The van der Waals surface area contributed by atoms with Gasteiger partial charge in [0, 0.05) is 18.3 Å². The number of rotatable bonds is 5. The Hall–Kier alpha value is -2.23. The van der Waals surface area contributed by atoms with E-state index in [0.29, 0.717) is 19.5 Å². The molecule has 1 N–H and O–H groups in total. The molecular formula is C15H18N3O+. The summed E-state index contributed by atoms with van der Waals surface area (Å²) in [5.41, 5.74) is 2.09. The zero-order valence-electron chi connectivity index (χ0n) is 11.0. The molecule has 0 atom stereocenters. The molecule has 4 heteroatoms. The molecule has 0 aromatic carbocycles. The van der Waals surface area contributed by atoms with Gasteiger partial charge in [0.15, 0.2) is 18.9 Å². The lowest BCUT2D eigenvalue weighted by Crippen LogP contribution is -2.36. The Morgan fingerprint density at radius 1 is 1.26 bits per heavy atom. The van der Waals surface area contributed by atoms with E-state index in [0.717, 1.165) is 5.69 Å². The average Bonchev–Trinajstić information content (AvgIpc) is 2.45. The molecule has 0 saturated carbocycles.